The first-order valence-corrected chi connectivity index (χ1v) is 13.1. The first kappa shape index (κ1) is 28.0. The SMILES string of the molecule is CC(C)CCCCCCCCCCC1CC(C(=O)O)CCC1(CCCC(C)C)C(=O)O. The van der Waals surface area contributed by atoms with Crippen LogP contribution < -0.4 is 0 Å². The zero-order valence-electron chi connectivity index (χ0n) is 20.8. The lowest BCUT2D eigenvalue weighted by atomic mass is 9.59. The topological polar surface area (TPSA) is 74.6 Å². The first-order chi connectivity index (χ1) is 14.7. The fourth-order valence-electron chi connectivity index (χ4n) is 5.49. The minimum absolute atomic E-state index is 0.00282. The van der Waals surface area contributed by atoms with Crippen LogP contribution in [0.4, 0.5) is 0 Å². The molecule has 1 rings (SSSR count). The Hall–Kier alpha value is -1.06. The van der Waals surface area contributed by atoms with Gasteiger partial charge in [0.15, 0.2) is 0 Å². The molecule has 31 heavy (non-hydrogen) atoms. The summed E-state index contributed by atoms with van der Waals surface area (Å²) in [7, 11) is 0. The summed E-state index contributed by atoms with van der Waals surface area (Å²) in [5.41, 5.74) is -0.711. The van der Waals surface area contributed by atoms with Crippen LogP contribution in [0.5, 0.6) is 0 Å². The molecule has 4 nitrogen and oxygen atoms in total. The normalized spacial score (nSPS) is 24.1. The summed E-state index contributed by atoms with van der Waals surface area (Å²) in [4.78, 5) is 24.0. The number of carboxylic acid groups (broad SMARTS) is 2. The average Bonchev–Trinajstić information content (AvgIpc) is 2.69. The smallest absolute Gasteiger partial charge is 0.309 e. The summed E-state index contributed by atoms with van der Waals surface area (Å²) < 4.78 is 0. The molecule has 0 bridgehead atoms. The van der Waals surface area contributed by atoms with E-state index in [1.807, 2.05) is 0 Å². The Bertz CT molecular complexity index is 513. The van der Waals surface area contributed by atoms with Crippen molar-refractivity contribution in [3.8, 4) is 0 Å². The molecule has 0 amide bonds. The van der Waals surface area contributed by atoms with E-state index in [0.29, 0.717) is 31.6 Å². The number of hydrogen-bond donors (Lipinski definition) is 2. The predicted molar refractivity (Wildman–Crippen MR) is 128 cm³/mol. The van der Waals surface area contributed by atoms with E-state index in [9.17, 15) is 19.8 Å². The summed E-state index contributed by atoms with van der Waals surface area (Å²) in [6.07, 6.45) is 16.4. The van der Waals surface area contributed by atoms with Crippen molar-refractivity contribution in [3.05, 3.63) is 0 Å². The van der Waals surface area contributed by atoms with Crippen molar-refractivity contribution < 1.29 is 19.8 Å². The highest BCUT2D eigenvalue weighted by molar-refractivity contribution is 5.76. The fourth-order valence-corrected chi connectivity index (χ4v) is 5.49. The Morgan fingerprint density at radius 2 is 1.32 bits per heavy atom. The summed E-state index contributed by atoms with van der Waals surface area (Å²) in [6.45, 7) is 8.93. The molecule has 0 radical (unpaired) electrons. The number of rotatable bonds is 17. The van der Waals surface area contributed by atoms with Crippen LogP contribution in [-0.4, -0.2) is 22.2 Å². The third kappa shape index (κ3) is 10.4. The number of aliphatic carboxylic acids is 2. The third-order valence-electron chi connectivity index (χ3n) is 7.55. The maximum Gasteiger partial charge on any atom is 0.309 e. The molecule has 0 saturated heterocycles. The molecule has 0 aromatic rings. The zero-order chi connectivity index (χ0) is 23.3. The molecule has 0 heterocycles. The van der Waals surface area contributed by atoms with Gasteiger partial charge in [-0.25, -0.2) is 0 Å². The highest BCUT2D eigenvalue weighted by atomic mass is 16.4. The number of carbonyl (C=O) groups is 2. The van der Waals surface area contributed by atoms with Gasteiger partial charge in [0.25, 0.3) is 0 Å². The van der Waals surface area contributed by atoms with E-state index in [1.54, 1.807) is 0 Å². The third-order valence-corrected chi connectivity index (χ3v) is 7.55. The molecule has 1 saturated carbocycles. The molecule has 1 aliphatic carbocycles. The van der Waals surface area contributed by atoms with Gasteiger partial charge in [-0.1, -0.05) is 98.3 Å². The highest BCUT2D eigenvalue weighted by Gasteiger charge is 2.49. The maximum atomic E-state index is 12.4. The van der Waals surface area contributed by atoms with E-state index in [4.69, 9.17) is 0 Å². The van der Waals surface area contributed by atoms with Crippen LogP contribution in [0.15, 0.2) is 0 Å². The zero-order valence-corrected chi connectivity index (χ0v) is 20.8. The van der Waals surface area contributed by atoms with Gasteiger partial charge in [-0.05, 0) is 49.9 Å². The molecule has 4 heteroatoms. The van der Waals surface area contributed by atoms with Gasteiger partial charge in [0.1, 0.15) is 0 Å². The van der Waals surface area contributed by atoms with Crippen LogP contribution in [0.2, 0.25) is 0 Å². The second-order valence-electron chi connectivity index (χ2n) is 11.1. The lowest BCUT2D eigenvalue weighted by molar-refractivity contribution is -0.161. The van der Waals surface area contributed by atoms with E-state index >= 15 is 0 Å². The van der Waals surface area contributed by atoms with Crippen LogP contribution in [-0.2, 0) is 9.59 Å². The molecule has 0 aliphatic heterocycles. The van der Waals surface area contributed by atoms with Gasteiger partial charge < -0.3 is 10.2 Å². The fraction of sp³-hybridized carbons (Fsp3) is 0.926. The Labute approximate surface area is 191 Å². The standard InChI is InChI=1S/C27H50O4/c1-21(2)14-11-9-7-5-6-8-10-12-16-24-20-23(25(28)29)17-19-27(24,26(30)31)18-13-15-22(3)4/h21-24H,5-20H2,1-4H3,(H,28,29)(H,30,31). The summed E-state index contributed by atoms with van der Waals surface area (Å²) in [6, 6.07) is 0. The highest BCUT2D eigenvalue weighted by Crippen LogP contribution is 2.49. The molecule has 0 aromatic carbocycles. The van der Waals surface area contributed by atoms with Gasteiger partial charge in [0, 0.05) is 0 Å². The Kier molecular flexibility index (Phi) is 13.4. The van der Waals surface area contributed by atoms with Crippen LogP contribution in [0.3, 0.4) is 0 Å². The number of unbranched alkanes of at least 4 members (excludes halogenated alkanes) is 7. The van der Waals surface area contributed by atoms with Gasteiger partial charge >= 0.3 is 11.9 Å². The maximum absolute atomic E-state index is 12.4. The second kappa shape index (κ2) is 14.9. The van der Waals surface area contributed by atoms with Crippen molar-refractivity contribution in [1.82, 2.24) is 0 Å². The van der Waals surface area contributed by atoms with E-state index in [1.165, 1.54) is 44.9 Å². The van der Waals surface area contributed by atoms with E-state index in [0.717, 1.165) is 38.0 Å². The largest absolute Gasteiger partial charge is 0.481 e. The van der Waals surface area contributed by atoms with Gasteiger partial charge in [0.2, 0.25) is 0 Å². The Balaban J connectivity index is 2.48. The van der Waals surface area contributed by atoms with Crippen molar-refractivity contribution >= 4 is 11.9 Å². The molecule has 0 spiro atoms. The number of hydrogen-bond acceptors (Lipinski definition) is 2. The van der Waals surface area contributed by atoms with Crippen LogP contribution in [0, 0.1) is 29.1 Å². The average molecular weight is 439 g/mol. The van der Waals surface area contributed by atoms with Crippen LogP contribution in [0.25, 0.3) is 0 Å². The van der Waals surface area contributed by atoms with Crippen molar-refractivity contribution in [3.63, 3.8) is 0 Å². The molecule has 3 atom stereocenters. The summed E-state index contributed by atoms with van der Waals surface area (Å²) in [5.74, 6) is -0.416. The van der Waals surface area contributed by atoms with Gasteiger partial charge in [0.05, 0.1) is 11.3 Å². The minimum atomic E-state index is -0.747. The lowest BCUT2D eigenvalue weighted by Gasteiger charge is -2.43. The van der Waals surface area contributed by atoms with Gasteiger partial charge in [-0.2, -0.15) is 0 Å². The summed E-state index contributed by atoms with van der Waals surface area (Å²) >= 11 is 0. The Morgan fingerprint density at radius 1 is 0.806 bits per heavy atom. The first-order valence-electron chi connectivity index (χ1n) is 13.1. The molecular weight excluding hydrogens is 388 g/mol. The molecule has 2 N–H and O–H groups in total. The number of carboxylic acids is 2. The molecule has 0 aromatic heterocycles. The predicted octanol–water partition coefficient (Wildman–Crippen LogP) is 7.94. The van der Waals surface area contributed by atoms with Crippen LogP contribution >= 0.6 is 0 Å². The molecule has 1 aliphatic rings. The molecular formula is C27H50O4. The quantitative estimate of drug-likeness (QED) is 0.226. The van der Waals surface area contributed by atoms with Gasteiger partial charge in [-0.15, -0.1) is 0 Å². The Morgan fingerprint density at radius 3 is 1.84 bits per heavy atom. The van der Waals surface area contributed by atoms with Crippen molar-refractivity contribution in [2.24, 2.45) is 29.1 Å². The monoisotopic (exact) mass is 438 g/mol. The second-order valence-corrected chi connectivity index (χ2v) is 11.1. The molecule has 182 valence electrons. The van der Waals surface area contributed by atoms with E-state index < -0.39 is 17.4 Å². The molecule has 3 unspecified atom stereocenters. The molecule has 1 fully saturated rings. The lowest BCUT2D eigenvalue weighted by Crippen LogP contribution is -2.44. The van der Waals surface area contributed by atoms with Crippen molar-refractivity contribution in [2.45, 2.75) is 130 Å². The van der Waals surface area contributed by atoms with Crippen molar-refractivity contribution in [1.29, 1.82) is 0 Å². The van der Waals surface area contributed by atoms with Crippen LogP contribution in [0.1, 0.15) is 130 Å². The van der Waals surface area contributed by atoms with Crippen molar-refractivity contribution in [2.75, 3.05) is 0 Å². The summed E-state index contributed by atoms with van der Waals surface area (Å²) in [5, 5.41) is 19.7. The minimum Gasteiger partial charge on any atom is -0.481 e. The van der Waals surface area contributed by atoms with E-state index in [2.05, 4.69) is 27.7 Å². The van der Waals surface area contributed by atoms with Gasteiger partial charge in [-0.3, -0.25) is 9.59 Å². The van der Waals surface area contributed by atoms with E-state index in [-0.39, 0.29) is 11.8 Å².